The molecule has 1 aromatic carbocycles. The van der Waals surface area contributed by atoms with Gasteiger partial charge in [0.05, 0.1) is 21.9 Å². The van der Waals surface area contributed by atoms with E-state index in [0.717, 1.165) is 11.3 Å². The third-order valence-electron chi connectivity index (χ3n) is 3.84. The van der Waals surface area contributed by atoms with Crippen molar-refractivity contribution in [1.29, 1.82) is 0 Å². The molecule has 0 bridgehead atoms. The van der Waals surface area contributed by atoms with E-state index in [-0.39, 0.29) is 24.0 Å². The minimum atomic E-state index is -0.573. The third-order valence-corrected chi connectivity index (χ3v) is 5.91. The van der Waals surface area contributed by atoms with Crippen molar-refractivity contribution >= 4 is 51.1 Å². The first-order chi connectivity index (χ1) is 13.5. The normalized spacial score (nSPS) is 10.4. The molecule has 2 amide bonds. The van der Waals surface area contributed by atoms with Crippen molar-refractivity contribution < 1.29 is 19.1 Å². The van der Waals surface area contributed by atoms with Crippen molar-refractivity contribution in [2.75, 3.05) is 17.2 Å². The smallest absolute Gasteiger partial charge is 0.341 e. The summed E-state index contributed by atoms with van der Waals surface area (Å²) in [5, 5.41) is 7.63. The Bertz CT molecular complexity index is 995. The number of anilines is 2. The zero-order valence-electron chi connectivity index (χ0n) is 15.3. The summed E-state index contributed by atoms with van der Waals surface area (Å²) < 4.78 is 5.12. The molecule has 3 aromatic rings. The summed E-state index contributed by atoms with van der Waals surface area (Å²) >= 11 is 2.34. The lowest BCUT2D eigenvalue weighted by atomic mass is 10.1. The fourth-order valence-corrected chi connectivity index (χ4v) is 4.25. The molecule has 2 aromatic heterocycles. The lowest BCUT2D eigenvalue weighted by Crippen LogP contribution is -2.14. The Morgan fingerprint density at radius 2 is 1.75 bits per heavy atom. The largest absolute Gasteiger partial charge is 0.462 e. The Balaban J connectivity index is 1.93. The number of carbonyl (C=O) groups is 3. The highest BCUT2D eigenvalue weighted by atomic mass is 32.1. The second-order valence-corrected chi connectivity index (χ2v) is 7.70. The number of hydrogen-bond donors (Lipinski definition) is 2. The SMILES string of the molecule is CCOC(=O)c1c(NC(=O)c2cccs2)sc(C(=O)Nc2ccccc2)c1C. The molecule has 28 heavy (non-hydrogen) atoms. The molecule has 144 valence electrons. The van der Waals surface area contributed by atoms with Crippen molar-refractivity contribution in [3.05, 3.63) is 68.7 Å². The molecular weight excluding hydrogens is 396 g/mol. The van der Waals surface area contributed by atoms with Crippen LogP contribution in [-0.4, -0.2) is 24.4 Å². The van der Waals surface area contributed by atoms with Crippen LogP contribution in [0.4, 0.5) is 10.7 Å². The van der Waals surface area contributed by atoms with Gasteiger partial charge in [-0.1, -0.05) is 24.3 Å². The number of benzene rings is 1. The van der Waals surface area contributed by atoms with E-state index in [2.05, 4.69) is 10.6 Å². The molecule has 2 N–H and O–H groups in total. The van der Waals surface area contributed by atoms with E-state index in [1.165, 1.54) is 11.3 Å². The average molecular weight is 415 g/mol. The van der Waals surface area contributed by atoms with Crippen LogP contribution in [0.25, 0.3) is 0 Å². The van der Waals surface area contributed by atoms with Gasteiger partial charge in [0.1, 0.15) is 5.00 Å². The highest BCUT2D eigenvalue weighted by molar-refractivity contribution is 7.19. The van der Waals surface area contributed by atoms with Crippen molar-refractivity contribution in [3.63, 3.8) is 0 Å². The molecule has 0 saturated carbocycles. The maximum absolute atomic E-state index is 12.7. The first-order valence-electron chi connectivity index (χ1n) is 8.53. The van der Waals surface area contributed by atoms with Gasteiger partial charge in [-0.25, -0.2) is 4.79 Å². The quantitative estimate of drug-likeness (QED) is 0.568. The maximum Gasteiger partial charge on any atom is 0.341 e. The first kappa shape index (κ1) is 19.8. The van der Waals surface area contributed by atoms with Crippen LogP contribution >= 0.6 is 22.7 Å². The third kappa shape index (κ3) is 4.29. The van der Waals surface area contributed by atoms with Gasteiger partial charge >= 0.3 is 5.97 Å². The van der Waals surface area contributed by atoms with Gasteiger partial charge in [0, 0.05) is 5.69 Å². The van der Waals surface area contributed by atoms with Gasteiger partial charge in [-0.05, 0) is 43.0 Å². The van der Waals surface area contributed by atoms with E-state index in [4.69, 9.17) is 4.74 Å². The van der Waals surface area contributed by atoms with Gasteiger partial charge in [-0.15, -0.1) is 22.7 Å². The second kappa shape index (κ2) is 8.81. The molecule has 0 saturated heterocycles. The van der Waals surface area contributed by atoms with Crippen LogP contribution in [0.5, 0.6) is 0 Å². The van der Waals surface area contributed by atoms with Crippen LogP contribution in [0.15, 0.2) is 47.8 Å². The number of rotatable bonds is 6. The number of para-hydroxylation sites is 1. The van der Waals surface area contributed by atoms with Gasteiger partial charge in [0.15, 0.2) is 0 Å². The Hall–Kier alpha value is -2.97. The fourth-order valence-electron chi connectivity index (χ4n) is 2.55. The molecule has 0 aliphatic heterocycles. The van der Waals surface area contributed by atoms with E-state index in [1.807, 2.05) is 18.2 Å². The summed E-state index contributed by atoms with van der Waals surface area (Å²) in [6, 6.07) is 12.5. The highest BCUT2D eigenvalue weighted by Crippen LogP contribution is 2.35. The van der Waals surface area contributed by atoms with Gasteiger partial charge in [-0.2, -0.15) is 0 Å². The number of ether oxygens (including phenoxy) is 1. The van der Waals surface area contributed by atoms with Gasteiger partial charge < -0.3 is 15.4 Å². The summed E-state index contributed by atoms with van der Waals surface area (Å²) in [5.41, 5.74) is 1.32. The van der Waals surface area contributed by atoms with E-state index in [1.54, 1.807) is 43.5 Å². The number of thiophene rings is 2. The average Bonchev–Trinajstić information content (AvgIpc) is 3.31. The molecule has 0 aliphatic rings. The Morgan fingerprint density at radius 3 is 2.39 bits per heavy atom. The fraction of sp³-hybridized carbons (Fsp3) is 0.150. The van der Waals surface area contributed by atoms with Crippen LogP contribution in [-0.2, 0) is 4.74 Å². The molecule has 0 spiro atoms. The lowest BCUT2D eigenvalue weighted by Gasteiger charge is -2.06. The van der Waals surface area contributed by atoms with E-state index in [0.29, 0.717) is 26.0 Å². The van der Waals surface area contributed by atoms with Crippen molar-refractivity contribution in [2.24, 2.45) is 0 Å². The highest BCUT2D eigenvalue weighted by Gasteiger charge is 2.27. The summed E-state index contributed by atoms with van der Waals surface area (Å²) in [7, 11) is 0. The summed E-state index contributed by atoms with van der Waals surface area (Å²) in [6.45, 7) is 3.56. The topological polar surface area (TPSA) is 84.5 Å². The lowest BCUT2D eigenvalue weighted by molar-refractivity contribution is 0.0527. The van der Waals surface area contributed by atoms with Crippen molar-refractivity contribution in [2.45, 2.75) is 13.8 Å². The molecule has 2 heterocycles. The van der Waals surface area contributed by atoms with Crippen molar-refractivity contribution in [3.8, 4) is 0 Å². The van der Waals surface area contributed by atoms with E-state index >= 15 is 0 Å². The van der Waals surface area contributed by atoms with Crippen molar-refractivity contribution in [1.82, 2.24) is 0 Å². The number of carbonyl (C=O) groups excluding carboxylic acids is 3. The molecule has 6 nitrogen and oxygen atoms in total. The summed E-state index contributed by atoms with van der Waals surface area (Å²) in [6.07, 6.45) is 0. The summed E-state index contributed by atoms with van der Waals surface area (Å²) in [4.78, 5) is 38.5. The zero-order chi connectivity index (χ0) is 20.1. The predicted molar refractivity (Wildman–Crippen MR) is 112 cm³/mol. The standard InChI is InChI=1S/C20H18N2O4S2/c1-3-26-20(25)15-12(2)16(18(24)21-13-8-5-4-6-9-13)28-19(15)22-17(23)14-10-7-11-27-14/h4-11H,3H2,1-2H3,(H,21,24)(H,22,23). The molecule has 0 unspecified atom stereocenters. The summed E-state index contributed by atoms with van der Waals surface area (Å²) in [5.74, 6) is -1.26. The van der Waals surface area contributed by atoms with Gasteiger partial charge in [-0.3, -0.25) is 9.59 Å². The molecule has 8 heteroatoms. The van der Waals surface area contributed by atoms with E-state index < -0.39 is 5.97 Å². The van der Waals surface area contributed by atoms with Crippen LogP contribution in [0.3, 0.4) is 0 Å². The Labute approximate surface area is 170 Å². The first-order valence-corrected chi connectivity index (χ1v) is 10.2. The van der Waals surface area contributed by atoms with Crippen LogP contribution < -0.4 is 10.6 Å². The van der Waals surface area contributed by atoms with Crippen LogP contribution in [0.1, 0.15) is 42.2 Å². The second-order valence-electron chi connectivity index (χ2n) is 5.73. The van der Waals surface area contributed by atoms with Gasteiger partial charge in [0.2, 0.25) is 0 Å². The number of nitrogens with one attached hydrogen (secondary N) is 2. The number of amides is 2. The van der Waals surface area contributed by atoms with E-state index in [9.17, 15) is 14.4 Å². The molecule has 0 aliphatic carbocycles. The molecule has 0 fully saturated rings. The van der Waals surface area contributed by atoms with Crippen LogP contribution in [0.2, 0.25) is 0 Å². The maximum atomic E-state index is 12.7. The number of esters is 1. The molecular formula is C20H18N2O4S2. The zero-order valence-corrected chi connectivity index (χ0v) is 16.9. The monoisotopic (exact) mass is 414 g/mol. The Kier molecular flexibility index (Phi) is 6.23. The molecule has 0 atom stereocenters. The minimum absolute atomic E-state index is 0.192. The van der Waals surface area contributed by atoms with Gasteiger partial charge in [0.25, 0.3) is 11.8 Å². The Morgan fingerprint density at radius 1 is 1.00 bits per heavy atom. The predicted octanol–water partition coefficient (Wildman–Crippen LogP) is 4.80. The van der Waals surface area contributed by atoms with Crippen LogP contribution in [0, 0.1) is 6.92 Å². The molecule has 0 radical (unpaired) electrons. The molecule has 3 rings (SSSR count). The minimum Gasteiger partial charge on any atom is -0.462 e. The number of hydrogen-bond acceptors (Lipinski definition) is 6.